The normalized spacial score (nSPS) is 9.62. The molecule has 0 saturated carbocycles. The van der Waals surface area contributed by atoms with Crippen molar-refractivity contribution in [1.82, 2.24) is 4.90 Å². The number of nitrogens with two attached hydrogens (primary N) is 1. The van der Waals surface area contributed by atoms with Crippen molar-refractivity contribution in [2.45, 2.75) is 6.54 Å². The largest absolute Gasteiger partial charge is 0.465 e. The number of hydrogen-bond acceptors (Lipinski definition) is 4. The molecule has 1 amide bonds. The number of rotatable bonds is 4. The zero-order valence-corrected chi connectivity index (χ0v) is 9.27. The molecule has 0 saturated heterocycles. The van der Waals surface area contributed by atoms with Crippen molar-refractivity contribution in [3.63, 3.8) is 0 Å². The molecule has 0 atom stereocenters. The predicted molar refractivity (Wildman–Crippen MR) is 59.7 cm³/mol. The molecule has 5 heteroatoms. The Bertz CT molecular complexity index is 404. The molecule has 0 fully saturated rings. The third-order valence-corrected chi connectivity index (χ3v) is 2.13. The van der Waals surface area contributed by atoms with E-state index in [4.69, 9.17) is 5.73 Å². The van der Waals surface area contributed by atoms with E-state index in [1.807, 2.05) is 0 Å². The van der Waals surface area contributed by atoms with Gasteiger partial charge in [0.05, 0.1) is 12.7 Å². The molecule has 1 aromatic rings. The molecule has 0 unspecified atom stereocenters. The van der Waals surface area contributed by atoms with Gasteiger partial charge in [-0.1, -0.05) is 6.07 Å². The summed E-state index contributed by atoms with van der Waals surface area (Å²) in [5, 5.41) is 0. The van der Waals surface area contributed by atoms with Gasteiger partial charge < -0.3 is 15.4 Å². The molecule has 5 nitrogen and oxygen atoms in total. The van der Waals surface area contributed by atoms with Crippen molar-refractivity contribution in [3.8, 4) is 0 Å². The summed E-state index contributed by atoms with van der Waals surface area (Å²) in [5.41, 5.74) is 7.15. The first-order valence-electron chi connectivity index (χ1n) is 4.70. The van der Waals surface area contributed by atoms with E-state index in [-0.39, 0.29) is 0 Å². The highest BCUT2D eigenvalue weighted by Gasteiger charge is 2.10. The molecular formula is C11H14N2O3. The van der Waals surface area contributed by atoms with Crippen molar-refractivity contribution < 1.29 is 14.3 Å². The third kappa shape index (κ3) is 2.73. The molecule has 0 aromatic heterocycles. The Balaban J connectivity index is 2.97. The summed E-state index contributed by atoms with van der Waals surface area (Å²) < 4.78 is 4.60. The minimum Gasteiger partial charge on any atom is -0.465 e. The maximum Gasteiger partial charge on any atom is 0.339 e. The van der Waals surface area contributed by atoms with Gasteiger partial charge in [0.25, 0.3) is 0 Å². The van der Waals surface area contributed by atoms with Gasteiger partial charge in [0, 0.05) is 19.3 Å². The number of methoxy groups -OCH3 is 1. The molecule has 0 radical (unpaired) electrons. The van der Waals surface area contributed by atoms with Crippen LogP contribution in [0.3, 0.4) is 0 Å². The summed E-state index contributed by atoms with van der Waals surface area (Å²) >= 11 is 0. The summed E-state index contributed by atoms with van der Waals surface area (Å²) in [6.07, 6.45) is 0.716. The van der Waals surface area contributed by atoms with Crippen LogP contribution in [0.2, 0.25) is 0 Å². The average molecular weight is 222 g/mol. The second-order valence-corrected chi connectivity index (χ2v) is 3.43. The molecule has 0 bridgehead atoms. The number of carbonyl (C=O) groups excluding carboxylic acids is 2. The molecular weight excluding hydrogens is 208 g/mol. The third-order valence-electron chi connectivity index (χ3n) is 2.13. The van der Waals surface area contributed by atoms with Crippen molar-refractivity contribution >= 4 is 18.1 Å². The van der Waals surface area contributed by atoms with Crippen LogP contribution in [0, 0.1) is 0 Å². The van der Waals surface area contributed by atoms with E-state index in [0.29, 0.717) is 24.2 Å². The first-order valence-corrected chi connectivity index (χ1v) is 4.70. The fourth-order valence-corrected chi connectivity index (χ4v) is 1.31. The summed E-state index contributed by atoms with van der Waals surface area (Å²) in [5.74, 6) is -0.479. The lowest BCUT2D eigenvalue weighted by molar-refractivity contribution is -0.117. The number of hydrogen-bond donors (Lipinski definition) is 1. The number of benzene rings is 1. The Morgan fingerprint density at radius 2 is 2.25 bits per heavy atom. The second-order valence-electron chi connectivity index (χ2n) is 3.43. The van der Waals surface area contributed by atoms with E-state index >= 15 is 0 Å². The van der Waals surface area contributed by atoms with Crippen LogP contribution >= 0.6 is 0 Å². The van der Waals surface area contributed by atoms with Crippen molar-refractivity contribution in [1.29, 1.82) is 0 Å². The smallest absolute Gasteiger partial charge is 0.339 e. The Morgan fingerprint density at radius 1 is 1.56 bits per heavy atom. The zero-order valence-electron chi connectivity index (χ0n) is 9.27. The fourth-order valence-electron chi connectivity index (χ4n) is 1.31. The quantitative estimate of drug-likeness (QED) is 0.461. The summed E-state index contributed by atoms with van der Waals surface area (Å²) in [7, 11) is 2.95. The summed E-state index contributed by atoms with van der Waals surface area (Å²) in [6, 6.07) is 5.02. The van der Waals surface area contributed by atoms with Crippen molar-refractivity contribution in [3.05, 3.63) is 29.3 Å². The van der Waals surface area contributed by atoms with Crippen LogP contribution in [0.4, 0.5) is 5.69 Å². The van der Waals surface area contributed by atoms with E-state index < -0.39 is 5.97 Å². The number of amides is 1. The molecule has 0 aliphatic heterocycles. The monoisotopic (exact) mass is 222 g/mol. The van der Waals surface area contributed by atoms with Gasteiger partial charge in [0.15, 0.2) is 0 Å². The number of nitrogen functional groups attached to an aromatic ring is 1. The van der Waals surface area contributed by atoms with E-state index in [1.54, 1.807) is 25.2 Å². The van der Waals surface area contributed by atoms with Gasteiger partial charge in [0.2, 0.25) is 6.41 Å². The van der Waals surface area contributed by atoms with E-state index in [1.165, 1.54) is 12.0 Å². The molecule has 0 aliphatic carbocycles. The van der Waals surface area contributed by atoms with Gasteiger partial charge >= 0.3 is 5.97 Å². The van der Waals surface area contributed by atoms with Gasteiger partial charge in [-0.25, -0.2) is 4.79 Å². The lowest BCUT2D eigenvalue weighted by Crippen LogP contribution is -2.15. The van der Waals surface area contributed by atoms with Gasteiger partial charge in [0.1, 0.15) is 0 Å². The van der Waals surface area contributed by atoms with Crippen LogP contribution in [0.1, 0.15) is 15.9 Å². The van der Waals surface area contributed by atoms with Crippen LogP contribution in [0.15, 0.2) is 18.2 Å². The lowest BCUT2D eigenvalue weighted by atomic mass is 10.1. The predicted octanol–water partition coefficient (Wildman–Crippen LogP) is 0.644. The average Bonchev–Trinajstić information content (AvgIpc) is 2.30. The van der Waals surface area contributed by atoms with Crippen molar-refractivity contribution in [2.75, 3.05) is 19.9 Å². The first-order chi connectivity index (χ1) is 7.58. The molecule has 0 aliphatic rings. The molecule has 0 spiro atoms. The first kappa shape index (κ1) is 12.0. The van der Waals surface area contributed by atoms with Gasteiger partial charge in [-0.15, -0.1) is 0 Å². The Kier molecular flexibility index (Phi) is 3.88. The molecule has 0 heterocycles. The highest BCUT2D eigenvalue weighted by atomic mass is 16.5. The van der Waals surface area contributed by atoms with Crippen LogP contribution < -0.4 is 5.73 Å². The Morgan fingerprint density at radius 3 is 2.81 bits per heavy atom. The Labute approximate surface area is 93.8 Å². The molecule has 2 N–H and O–H groups in total. The standard InChI is InChI=1S/C11H14N2O3/c1-13(7-14)6-8-3-4-10(12)9(5-8)11(15)16-2/h3-5,7H,6,12H2,1-2H3. The van der Waals surface area contributed by atoms with Crippen LogP contribution in [-0.4, -0.2) is 31.4 Å². The minimum atomic E-state index is -0.479. The van der Waals surface area contributed by atoms with Crippen LogP contribution in [0.25, 0.3) is 0 Å². The molecule has 16 heavy (non-hydrogen) atoms. The highest BCUT2D eigenvalue weighted by molar-refractivity contribution is 5.95. The lowest BCUT2D eigenvalue weighted by Gasteiger charge is -2.12. The van der Waals surface area contributed by atoms with Gasteiger partial charge in [-0.3, -0.25) is 4.79 Å². The second kappa shape index (κ2) is 5.16. The number of anilines is 1. The maximum absolute atomic E-state index is 11.4. The number of ether oxygens (including phenoxy) is 1. The van der Waals surface area contributed by atoms with E-state index in [0.717, 1.165) is 5.56 Å². The number of nitrogens with zero attached hydrogens (tertiary/aromatic N) is 1. The SMILES string of the molecule is COC(=O)c1cc(CN(C)C=O)ccc1N. The fraction of sp³-hybridized carbons (Fsp3) is 0.273. The molecule has 1 aromatic carbocycles. The highest BCUT2D eigenvalue weighted by Crippen LogP contribution is 2.16. The number of esters is 1. The summed E-state index contributed by atoms with van der Waals surface area (Å²) in [6.45, 7) is 0.424. The van der Waals surface area contributed by atoms with E-state index in [2.05, 4.69) is 4.74 Å². The minimum absolute atomic E-state index is 0.319. The Hall–Kier alpha value is -2.04. The van der Waals surface area contributed by atoms with Crippen LogP contribution in [-0.2, 0) is 16.1 Å². The summed E-state index contributed by atoms with van der Waals surface area (Å²) in [4.78, 5) is 23.3. The molecule has 1 rings (SSSR count). The van der Waals surface area contributed by atoms with E-state index in [9.17, 15) is 9.59 Å². The topological polar surface area (TPSA) is 72.6 Å². The maximum atomic E-state index is 11.4. The van der Waals surface area contributed by atoms with Crippen LogP contribution in [0.5, 0.6) is 0 Å². The number of carbonyl (C=O) groups is 2. The molecule has 86 valence electrons. The zero-order chi connectivity index (χ0) is 12.1. The van der Waals surface area contributed by atoms with Gasteiger partial charge in [-0.2, -0.15) is 0 Å². The van der Waals surface area contributed by atoms with Crippen molar-refractivity contribution in [2.24, 2.45) is 0 Å². The van der Waals surface area contributed by atoms with Gasteiger partial charge in [-0.05, 0) is 17.7 Å².